The zero-order valence-corrected chi connectivity index (χ0v) is 19.8. The van der Waals surface area contributed by atoms with E-state index in [9.17, 15) is 9.59 Å². The summed E-state index contributed by atoms with van der Waals surface area (Å²) in [5.74, 6) is 0.530. The number of ether oxygens (including phenoxy) is 2. The van der Waals surface area contributed by atoms with Gasteiger partial charge < -0.3 is 9.47 Å². The molecule has 1 aliphatic rings. The molecule has 1 fully saturated rings. The van der Waals surface area contributed by atoms with E-state index in [1.54, 1.807) is 0 Å². The summed E-state index contributed by atoms with van der Waals surface area (Å²) in [6.45, 7) is 10.8. The van der Waals surface area contributed by atoms with Crippen LogP contribution in [0.25, 0.3) is 0 Å². The molecule has 0 bridgehead atoms. The van der Waals surface area contributed by atoms with Gasteiger partial charge in [0.05, 0.1) is 18.4 Å². The fourth-order valence-electron chi connectivity index (χ4n) is 3.96. The average molecular weight is 411 g/mol. The summed E-state index contributed by atoms with van der Waals surface area (Å²) in [7, 11) is 0. The van der Waals surface area contributed by atoms with Crippen molar-refractivity contribution in [2.45, 2.75) is 124 Å². The van der Waals surface area contributed by atoms with Gasteiger partial charge in [-0.1, -0.05) is 65.2 Å². The molecule has 0 saturated heterocycles. The first-order valence-electron chi connectivity index (χ1n) is 12.1. The van der Waals surface area contributed by atoms with Crippen LogP contribution in [0.2, 0.25) is 0 Å². The van der Waals surface area contributed by atoms with E-state index in [-0.39, 0.29) is 23.8 Å². The minimum Gasteiger partial charge on any atom is -0.465 e. The van der Waals surface area contributed by atoms with Crippen molar-refractivity contribution in [1.29, 1.82) is 0 Å². The van der Waals surface area contributed by atoms with Crippen molar-refractivity contribution < 1.29 is 19.1 Å². The number of hydrogen-bond donors (Lipinski definition) is 0. The zero-order valence-electron chi connectivity index (χ0n) is 19.8. The van der Waals surface area contributed by atoms with Crippen LogP contribution in [0.3, 0.4) is 0 Å². The summed E-state index contributed by atoms with van der Waals surface area (Å²) < 4.78 is 11.0. The highest BCUT2D eigenvalue weighted by Gasteiger charge is 2.33. The Morgan fingerprint density at radius 3 is 1.69 bits per heavy atom. The van der Waals surface area contributed by atoms with E-state index in [1.165, 1.54) is 44.9 Å². The highest BCUT2D eigenvalue weighted by atomic mass is 16.6. The molecule has 0 aromatic heterocycles. The minimum absolute atomic E-state index is 0.0421. The predicted octanol–water partition coefficient (Wildman–Crippen LogP) is 6.84. The molecule has 0 atom stereocenters. The number of rotatable bonds is 13. The standard InChI is InChI=1S/C25H46O4/c1-20(2)14-12-10-8-6-7-9-11-13-19-28-23(26)21-15-17-22(18-16-21)24(27)29-25(3,4)5/h20-22H,6-19H2,1-5H3. The lowest BCUT2D eigenvalue weighted by Crippen LogP contribution is -2.32. The van der Waals surface area contributed by atoms with Crippen LogP contribution < -0.4 is 0 Å². The van der Waals surface area contributed by atoms with Crippen LogP contribution in [0.5, 0.6) is 0 Å². The van der Waals surface area contributed by atoms with Gasteiger partial charge in [0.15, 0.2) is 0 Å². The summed E-state index contributed by atoms with van der Waals surface area (Å²) in [4.78, 5) is 24.4. The maximum absolute atomic E-state index is 12.2. The highest BCUT2D eigenvalue weighted by molar-refractivity contribution is 5.75. The first kappa shape index (κ1) is 26.0. The summed E-state index contributed by atoms with van der Waals surface area (Å²) in [5, 5.41) is 0. The van der Waals surface area contributed by atoms with E-state index in [1.807, 2.05) is 20.8 Å². The van der Waals surface area contributed by atoms with E-state index in [4.69, 9.17) is 9.47 Å². The van der Waals surface area contributed by atoms with Crippen molar-refractivity contribution in [3.05, 3.63) is 0 Å². The molecule has 170 valence electrons. The van der Waals surface area contributed by atoms with Gasteiger partial charge in [-0.05, 0) is 58.8 Å². The van der Waals surface area contributed by atoms with Crippen molar-refractivity contribution in [3.8, 4) is 0 Å². The Kier molecular flexibility index (Phi) is 12.6. The van der Waals surface area contributed by atoms with Gasteiger partial charge >= 0.3 is 11.9 Å². The van der Waals surface area contributed by atoms with Gasteiger partial charge in [-0.25, -0.2) is 0 Å². The molecule has 29 heavy (non-hydrogen) atoms. The lowest BCUT2D eigenvalue weighted by molar-refractivity contribution is -0.163. The van der Waals surface area contributed by atoms with Crippen LogP contribution in [0.1, 0.15) is 118 Å². The molecule has 0 aromatic rings. The number of hydrogen-bond acceptors (Lipinski definition) is 4. The van der Waals surface area contributed by atoms with Crippen molar-refractivity contribution in [3.63, 3.8) is 0 Å². The fourth-order valence-corrected chi connectivity index (χ4v) is 3.96. The maximum Gasteiger partial charge on any atom is 0.309 e. The molecule has 0 unspecified atom stereocenters. The summed E-state index contributed by atoms with van der Waals surface area (Å²) in [6, 6.07) is 0. The second-order valence-electron chi connectivity index (χ2n) is 10.3. The zero-order chi connectivity index (χ0) is 21.7. The molecule has 1 rings (SSSR count). The molecule has 0 spiro atoms. The van der Waals surface area contributed by atoms with Gasteiger partial charge in [-0.15, -0.1) is 0 Å². The van der Waals surface area contributed by atoms with Gasteiger partial charge in [-0.2, -0.15) is 0 Å². The van der Waals surface area contributed by atoms with Crippen LogP contribution in [0, 0.1) is 17.8 Å². The number of carbonyl (C=O) groups is 2. The number of unbranched alkanes of at least 4 members (excludes halogenated alkanes) is 7. The van der Waals surface area contributed by atoms with E-state index in [0.29, 0.717) is 6.61 Å². The lowest BCUT2D eigenvalue weighted by atomic mass is 9.82. The van der Waals surface area contributed by atoms with E-state index in [0.717, 1.165) is 44.4 Å². The molecule has 0 heterocycles. The highest BCUT2D eigenvalue weighted by Crippen LogP contribution is 2.31. The van der Waals surface area contributed by atoms with Gasteiger partial charge in [0, 0.05) is 0 Å². The third-order valence-electron chi connectivity index (χ3n) is 5.72. The Morgan fingerprint density at radius 2 is 1.21 bits per heavy atom. The Labute approximate surface area is 179 Å². The Hall–Kier alpha value is -1.06. The third-order valence-corrected chi connectivity index (χ3v) is 5.72. The van der Waals surface area contributed by atoms with Gasteiger partial charge in [0.25, 0.3) is 0 Å². The van der Waals surface area contributed by atoms with Crippen molar-refractivity contribution in [2.24, 2.45) is 17.8 Å². The molecule has 1 saturated carbocycles. The molecule has 0 aromatic carbocycles. The summed E-state index contributed by atoms with van der Waals surface area (Å²) in [5.41, 5.74) is -0.444. The molecule has 4 nitrogen and oxygen atoms in total. The van der Waals surface area contributed by atoms with Gasteiger partial charge in [0.1, 0.15) is 5.60 Å². The Bertz CT molecular complexity index is 456. The first-order chi connectivity index (χ1) is 13.7. The maximum atomic E-state index is 12.2. The lowest BCUT2D eigenvalue weighted by Gasteiger charge is -2.28. The van der Waals surface area contributed by atoms with Crippen molar-refractivity contribution in [2.75, 3.05) is 6.61 Å². The minimum atomic E-state index is -0.444. The van der Waals surface area contributed by atoms with Gasteiger partial charge in [0.2, 0.25) is 0 Å². The van der Waals surface area contributed by atoms with Crippen LogP contribution in [0.4, 0.5) is 0 Å². The van der Waals surface area contributed by atoms with Crippen LogP contribution in [-0.2, 0) is 19.1 Å². The van der Waals surface area contributed by atoms with Crippen molar-refractivity contribution >= 4 is 11.9 Å². The molecule has 0 radical (unpaired) electrons. The molecule has 1 aliphatic carbocycles. The van der Waals surface area contributed by atoms with Gasteiger partial charge in [-0.3, -0.25) is 9.59 Å². The Balaban J connectivity index is 2.00. The monoisotopic (exact) mass is 410 g/mol. The SMILES string of the molecule is CC(C)CCCCCCCCCCOC(=O)C1CCC(C(=O)OC(C)(C)C)CC1. The molecular weight excluding hydrogens is 364 g/mol. The van der Waals surface area contributed by atoms with Crippen LogP contribution in [0.15, 0.2) is 0 Å². The van der Waals surface area contributed by atoms with E-state index in [2.05, 4.69) is 13.8 Å². The van der Waals surface area contributed by atoms with Crippen LogP contribution >= 0.6 is 0 Å². The molecule has 4 heteroatoms. The summed E-state index contributed by atoms with van der Waals surface area (Å²) >= 11 is 0. The normalized spacial score (nSPS) is 19.9. The smallest absolute Gasteiger partial charge is 0.309 e. The second kappa shape index (κ2) is 14.0. The topological polar surface area (TPSA) is 52.6 Å². The average Bonchev–Trinajstić information content (AvgIpc) is 2.64. The third kappa shape index (κ3) is 13.0. The van der Waals surface area contributed by atoms with Crippen molar-refractivity contribution in [1.82, 2.24) is 0 Å². The van der Waals surface area contributed by atoms with E-state index >= 15 is 0 Å². The van der Waals surface area contributed by atoms with Crippen LogP contribution in [-0.4, -0.2) is 24.1 Å². The number of esters is 2. The second-order valence-corrected chi connectivity index (χ2v) is 10.3. The fraction of sp³-hybridized carbons (Fsp3) is 0.920. The molecular formula is C25H46O4. The molecule has 0 N–H and O–H groups in total. The molecule has 0 amide bonds. The quantitative estimate of drug-likeness (QED) is 0.246. The predicted molar refractivity (Wildman–Crippen MR) is 119 cm³/mol. The molecule has 0 aliphatic heterocycles. The first-order valence-corrected chi connectivity index (χ1v) is 12.1. The number of carbonyl (C=O) groups excluding carboxylic acids is 2. The Morgan fingerprint density at radius 1 is 0.759 bits per heavy atom. The van der Waals surface area contributed by atoms with E-state index < -0.39 is 5.60 Å². The summed E-state index contributed by atoms with van der Waals surface area (Å²) in [6.07, 6.45) is 14.3. The largest absolute Gasteiger partial charge is 0.465 e.